The highest BCUT2D eigenvalue weighted by Crippen LogP contribution is 2.05. The van der Waals surface area contributed by atoms with Crippen LogP contribution in [0.2, 0.25) is 0 Å². The van der Waals surface area contributed by atoms with Gasteiger partial charge >= 0.3 is 0 Å². The van der Waals surface area contributed by atoms with Crippen molar-refractivity contribution in [1.82, 2.24) is 6.15 Å². The minimum Gasteiger partial charge on any atom is -0.379 e. The average Bonchev–Trinajstić information content (AvgIpc) is 1.86. The zero-order chi connectivity index (χ0) is 4.41. The van der Waals surface area contributed by atoms with Gasteiger partial charge in [0.05, 0.1) is 6.54 Å². The molecule has 0 radical (unpaired) electrons. The predicted molar refractivity (Wildman–Crippen MR) is 41.2 cm³/mol. The summed E-state index contributed by atoms with van der Waals surface area (Å²) in [5.74, 6) is 1.08. The second-order valence-electron chi connectivity index (χ2n) is 1.07. The number of nitrogens with two attached hydrogens (primary N) is 1. The summed E-state index contributed by atoms with van der Waals surface area (Å²) in [5, 5.41) is 0.745. The molecule has 1 aliphatic rings. The number of rotatable bonds is 0. The number of aliphatic imine (C=N–C) groups is 1. The van der Waals surface area contributed by atoms with E-state index >= 15 is 0 Å². The largest absolute Gasteiger partial charge is 0.379 e. The highest BCUT2D eigenvalue weighted by molar-refractivity contribution is 8.14. The van der Waals surface area contributed by atoms with E-state index in [-0.39, 0.29) is 18.6 Å². The van der Waals surface area contributed by atoms with Gasteiger partial charge in [0.15, 0.2) is 5.17 Å². The topological polar surface area (TPSA) is 73.4 Å². The van der Waals surface area contributed by atoms with Gasteiger partial charge in [-0.05, 0) is 0 Å². The van der Waals surface area contributed by atoms with E-state index in [1.807, 2.05) is 0 Å². The smallest absolute Gasteiger partial charge is 0.153 e. The minimum absolute atomic E-state index is 0. The van der Waals surface area contributed by atoms with Crippen molar-refractivity contribution >= 4 is 29.3 Å². The van der Waals surface area contributed by atoms with Crippen LogP contribution in [0.4, 0.5) is 0 Å². The molecule has 5 heteroatoms. The van der Waals surface area contributed by atoms with Crippen molar-refractivity contribution in [1.29, 1.82) is 0 Å². The maximum atomic E-state index is 5.25. The van der Waals surface area contributed by atoms with Gasteiger partial charge in [0, 0.05) is 5.75 Å². The van der Waals surface area contributed by atoms with Crippen molar-refractivity contribution < 1.29 is 0 Å². The van der Waals surface area contributed by atoms with Crippen LogP contribution in [0, 0.1) is 0 Å². The zero-order valence-corrected chi connectivity index (χ0v) is 6.10. The Morgan fingerprint density at radius 1 is 1.62 bits per heavy atom. The molecule has 1 aliphatic heterocycles. The molecule has 0 bridgehead atoms. The van der Waals surface area contributed by atoms with Crippen LogP contribution in [-0.2, 0) is 0 Å². The summed E-state index contributed by atoms with van der Waals surface area (Å²) in [6, 6.07) is 0. The molecule has 0 saturated carbocycles. The van der Waals surface area contributed by atoms with Gasteiger partial charge in [-0.2, -0.15) is 0 Å². The normalized spacial score (nSPS) is 15.8. The van der Waals surface area contributed by atoms with Crippen LogP contribution in [0.25, 0.3) is 0 Å². The summed E-state index contributed by atoms with van der Waals surface area (Å²) in [4.78, 5) is 3.89. The second kappa shape index (κ2) is 5.21. The molecule has 0 aliphatic carbocycles. The average molecular weight is 156 g/mol. The molecule has 0 atom stereocenters. The SMILES string of the molecule is Cl.N.NC1=NCCS1. The molecule has 0 unspecified atom stereocenters. The summed E-state index contributed by atoms with van der Waals surface area (Å²) in [6.07, 6.45) is 0. The first-order valence-electron chi connectivity index (χ1n) is 1.82. The third-order valence-electron chi connectivity index (χ3n) is 0.609. The van der Waals surface area contributed by atoms with E-state index in [0.29, 0.717) is 0 Å². The summed E-state index contributed by atoms with van der Waals surface area (Å²) in [5.41, 5.74) is 5.25. The maximum Gasteiger partial charge on any atom is 0.153 e. The van der Waals surface area contributed by atoms with Crippen LogP contribution < -0.4 is 11.9 Å². The molecule has 0 amide bonds. The van der Waals surface area contributed by atoms with E-state index in [4.69, 9.17) is 5.73 Å². The van der Waals surface area contributed by atoms with Gasteiger partial charge in [0.25, 0.3) is 0 Å². The maximum absolute atomic E-state index is 5.25. The van der Waals surface area contributed by atoms with Crippen LogP contribution in [-0.4, -0.2) is 17.5 Å². The molecule has 8 heavy (non-hydrogen) atoms. The van der Waals surface area contributed by atoms with Crippen molar-refractivity contribution in [2.75, 3.05) is 12.3 Å². The highest BCUT2D eigenvalue weighted by atomic mass is 35.5. The molecule has 0 aromatic carbocycles. The molecule has 0 aromatic heterocycles. The van der Waals surface area contributed by atoms with Gasteiger partial charge in [-0.15, -0.1) is 12.4 Å². The molecular weight excluding hydrogens is 146 g/mol. The molecule has 0 aromatic rings. The van der Waals surface area contributed by atoms with E-state index in [1.54, 1.807) is 11.8 Å². The third kappa shape index (κ3) is 3.12. The predicted octanol–water partition coefficient (Wildman–Crippen LogP) is 0.632. The lowest BCUT2D eigenvalue weighted by Crippen LogP contribution is -2.00. The van der Waals surface area contributed by atoms with Crippen molar-refractivity contribution in [3.63, 3.8) is 0 Å². The summed E-state index contributed by atoms with van der Waals surface area (Å²) in [7, 11) is 0. The molecule has 0 saturated heterocycles. The monoisotopic (exact) mass is 155 g/mol. The van der Waals surface area contributed by atoms with Gasteiger partial charge < -0.3 is 11.9 Å². The fourth-order valence-corrected chi connectivity index (χ4v) is 0.926. The first-order chi connectivity index (χ1) is 2.89. The van der Waals surface area contributed by atoms with E-state index in [2.05, 4.69) is 4.99 Å². The number of hydrogen-bond acceptors (Lipinski definition) is 4. The fourth-order valence-electron chi connectivity index (χ4n) is 0.352. The summed E-state index contributed by atoms with van der Waals surface area (Å²) in [6.45, 7) is 0.913. The number of hydrogen-bond donors (Lipinski definition) is 2. The molecule has 3 nitrogen and oxygen atoms in total. The highest BCUT2D eigenvalue weighted by Gasteiger charge is 1.98. The Kier molecular flexibility index (Phi) is 7.13. The quantitative estimate of drug-likeness (QED) is 0.539. The second-order valence-corrected chi connectivity index (χ2v) is 2.18. The van der Waals surface area contributed by atoms with Crippen molar-refractivity contribution in [3.05, 3.63) is 0 Å². The lowest BCUT2D eigenvalue weighted by Gasteiger charge is -1.78. The van der Waals surface area contributed by atoms with Gasteiger partial charge in [0.1, 0.15) is 0 Å². The number of thioether (sulfide) groups is 1. The lowest BCUT2D eigenvalue weighted by atomic mass is 10.8. The van der Waals surface area contributed by atoms with Crippen LogP contribution in [0.1, 0.15) is 0 Å². The number of nitrogens with zero attached hydrogens (tertiary/aromatic N) is 1. The Morgan fingerprint density at radius 3 is 2.38 bits per heavy atom. The standard InChI is InChI=1S/C3H6N2S.ClH.H3N/c4-3-5-1-2-6-3;;/h1-2H2,(H2,4,5);1H;1H3. The van der Waals surface area contributed by atoms with Gasteiger partial charge in [0.2, 0.25) is 0 Å². The van der Waals surface area contributed by atoms with Gasteiger partial charge in [-0.3, -0.25) is 4.99 Å². The Bertz CT molecular complexity index is 84.6. The molecule has 0 spiro atoms. The fraction of sp³-hybridized carbons (Fsp3) is 0.667. The van der Waals surface area contributed by atoms with Crippen LogP contribution in [0.3, 0.4) is 0 Å². The van der Waals surface area contributed by atoms with Crippen LogP contribution in [0.15, 0.2) is 4.99 Å². The first-order valence-corrected chi connectivity index (χ1v) is 2.81. The molecule has 1 heterocycles. The molecule has 0 fully saturated rings. The Morgan fingerprint density at radius 2 is 2.25 bits per heavy atom. The molecule has 50 valence electrons. The molecule has 1 rings (SSSR count). The molecular formula is C3H10ClN3S. The van der Waals surface area contributed by atoms with Crippen LogP contribution >= 0.6 is 24.2 Å². The van der Waals surface area contributed by atoms with E-state index in [0.717, 1.165) is 17.5 Å². The molecule has 5 N–H and O–H groups in total. The van der Waals surface area contributed by atoms with Gasteiger partial charge in [-0.25, -0.2) is 0 Å². The van der Waals surface area contributed by atoms with E-state index in [9.17, 15) is 0 Å². The first kappa shape index (κ1) is 10.9. The summed E-state index contributed by atoms with van der Waals surface area (Å²) < 4.78 is 0. The summed E-state index contributed by atoms with van der Waals surface area (Å²) >= 11 is 1.62. The van der Waals surface area contributed by atoms with E-state index < -0.39 is 0 Å². The third-order valence-corrected chi connectivity index (χ3v) is 1.42. The minimum atomic E-state index is 0. The Hall–Kier alpha value is 0.0700. The van der Waals surface area contributed by atoms with Crippen molar-refractivity contribution in [2.24, 2.45) is 10.7 Å². The van der Waals surface area contributed by atoms with Crippen LogP contribution in [0.5, 0.6) is 0 Å². The number of halogens is 1. The zero-order valence-electron chi connectivity index (χ0n) is 4.46. The Labute approximate surface area is 59.1 Å². The van der Waals surface area contributed by atoms with Crippen molar-refractivity contribution in [2.45, 2.75) is 0 Å². The number of amidine groups is 1. The van der Waals surface area contributed by atoms with Gasteiger partial charge in [-0.1, -0.05) is 11.8 Å². The van der Waals surface area contributed by atoms with E-state index in [1.165, 1.54) is 0 Å². The lowest BCUT2D eigenvalue weighted by molar-refractivity contribution is 1.17. The Balaban J connectivity index is 0. The van der Waals surface area contributed by atoms with Crippen molar-refractivity contribution in [3.8, 4) is 0 Å².